The second-order valence-electron chi connectivity index (χ2n) is 5.39. The molecule has 0 saturated heterocycles. The Labute approximate surface area is 156 Å². The Balaban J connectivity index is 2.27. The van der Waals surface area contributed by atoms with Crippen LogP contribution in [0.2, 0.25) is 0 Å². The molecule has 2 aromatic carbocycles. The summed E-state index contributed by atoms with van der Waals surface area (Å²) in [6.45, 7) is 4.47. The maximum absolute atomic E-state index is 13.1. The van der Waals surface area contributed by atoms with Gasteiger partial charge in [0.2, 0.25) is 6.10 Å². The standard InChI is InChI=1S/C20H21FO6/c1-4-25-16-11-8-14(12-17(16)26-5-2)19(22)27-18(20(23)24-3)13-6-9-15(21)10-7-13/h6-12,18H,4-5H2,1-3H3/t18-/m1/s1. The van der Waals surface area contributed by atoms with E-state index < -0.39 is 23.9 Å². The molecule has 0 spiro atoms. The zero-order chi connectivity index (χ0) is 19.8. The van der Waals surface area contributed by atoms with Gasteiger partial charge in [0.05, 0.1) is 25.9 Å². The molecule has 0 fully saturated rings. The average Bonchev–Trinajstić information content (AvgIpc) is 2.68. The van der Waals surface area contributed by atoms with Crippen LogP contribution in [0.5, 0.6) is 11.5 Å². The third kappa shape index (κ3) is 5.20. The van der Waals surface area contributed by atoms with Crippen molar-refractivity contribution in [3.05, 3.63) is 59.4 Å². The summed E-state index contributed by atoms with van der Waals surface area (Å²) in [5.41, 5.74) is 0.477. The number of halogens is 1. The first-order valence-electron chi connectivity index (χ1n) is 8.44. The monoisotopic (exact) mass is 376 g/mol. The fraction of sp³-hybridized carbons (Fsp3) is 0.300. The topological polar surface area (TPSA) is 71.1 Å². The molecular formula is C20H21FO6. The molecule has 2 rings (SSSR count). The molecule has 1 atom stereocenters. The molecule has 0 aromatic heterocycles. The Kier molecular flexibility index (Phi) is 7.16. The van der Waals surface area contributed by atoms with Gasteiger partial charge in [0.15, 0.2) is 11.5 Å². The molecule has 0 bridgehead atoms. The highest BCUT2D eigenvalue weighted by atomic mass is 19.1. The van der Waals surface area contributed by atoms with E-state index >= 15 is 0 Å². The zero-order valence-corrected chi connectivity index (χ0v) is 15.4. The fourth-order valence-electron chi connectivity index (χ4n) is 2.35. The number of ether oxygens (including phenoxy) is 4. The van der Waals surface area contributed by atoms with Gasteiger partial charge in [-0.3, -0.25) is 0 Å². The van der Waals surface area contributed by atoms with Crippen LogP contribution >= 0.6 is 0 Å². The normalized spacial score (nSPS) is 11.4. The van der Waals surface area contributed by atoms with Crippen LogP contribution < -0.4 is 9.47 Å². The number of hydrogen-bond acceptors (Lipinski definition) is 6. The minimum Gasteiger partial charge on any atom is -0.490 e. The molecule has 0 radical (unpaired) electrons. The largest absolute Gasteiger partial charge is 0.490 e. The number of rotatable bonds is 8. The van der Waals surface area contributed by atoms with Crippen molar-refractivity contribution in [3.8, 4) is 11.5 Å². The lowest BCUT2D eigenvalue weighted by molar-refractivity contribution is -0.151. The summed E-state index contributed by atoms with van der Waals surface area (Å²) in [4.78, 5) is 24.6. The van der Waals surface area contributed by atoms with Gasteiger partial charge in [0, 0.05) is 5.56 Å². The third-order valence-corrected chi connectivity index (χ3v) is 3.59. The molecule has 6 nitrogen and oxygen atoms in total. The lowest BCUT2D eigenvalue weighted by Crippen LogP contribution is -2.21. The third-order valence-electron chi connectivity index (χ3n) is 3.59. The number of hydrogen-bond donors (Lipinski definition) is 0. The van der Waals surface area contributed by atoms with E-state index in [0.29, 0.717) is 30.3 Å². The second-order valence-corrected chi connectivity index (χ2v) is 5.39. The highest BCUT2D eigenvalue weighted by Gasteiger charge is 2.27. The summed E-state index contributed by atoms with van der Waals surface area (Å²) < 4.78 is 34.1. The summed E-state index contributed by atoms with van der Waals surface area (Å²) in [5.74, 6) is -1.10. The van der Waals surface area contributed by atoms with Gasteiger partial charge in [0.1, 0.15) is 5.82 Å². The van der Waals surface area contributed by atoms with Gasteiger partial charge in [-0.15, -0.1) is 0 Å². The van der Waals surface area contributed by atoms with Gasteiger partial charge >= 0.3 is 11.9 Å². The van der Waals surface area contributed by atoms with Crippen molar-refractivity contribution in [2.45, 2.75) is 20.0 Å². The summed E-state index contributed by atoms with van der Waals surface area (Å²) in [5, 5.41) is 0. The SMILES string of the molecule is CCOc1ccc(C(=O)O[C@@H](C(=O)OC)c2ccc(F)cc2)cc1OCC. The summed E-state index contributed by atoms with van der Waals surface area (Å²) in [6, 6.07) is 9.63. The summed E-state index contributed by atoms with van der Waals surface area (Å²) in [7, 11) is 1.18. The van der Waals surface area contributed by atoms with Crippen molar-refractivity contribution in [2.24, 2.45) is 0 Å². The van der Waals surface area contributed by atoms with E-state index in [9.17, 15) is 14.0 Å². The zero-order valence-electron chi connectivity index (χ0n) is 15.4. The Morgan fingerprint density at radius 3 is 2.19 bits per heavy atom. The molecule has 144 valence electrons. The first-order chi connectivity index (χ1) is 13.0. The fourth-order valence-corrected chi connectivity index (χ4v) is 2.35. The lowest BCUT2D eigenvalue weighted by Gasteiger charge is -2.17. The van der Waals surface area contributed by atoms with Crippen LogP contribution in [0.25, 0.3) is 0 Å². The first-order valence-corrected chi connectivity index (χ1v) is 8.44. The van der Waals surface area contributed by atoms with Crippen molar-refractivity contribution < 1.29 is 32.9 Å². The van der Waals surface area contributed by atoms with E-state index in [0.717, 1.165) is 0 Å². The number of esters is 2. The molecule has 0 amide bonds. The quantitative estimate of drug-likeness (QED) is 0.655. The Morgan fingerprint density at radius 1 is 0.963 bits per heavy atom. The van der Waals surface area contributed by atoms with E-state index in [-0.39, 0.29) is 5.56 Å². The Bertz CT molecular complexity index is 788. The van der Waals surface area contributed by atoms with Crippen LogP contribution in [0.3, 0.4) is 0 Å². The molecule has 0 saturated carbocycles. The maximum Gasteiger partial charge on any atom is 0.351 e. The number of methoxy groups -OCH3 is 1. The van der Waals surface area contributed by atoms with Gasteiger partial charge in [-0.25, -0.2) is 14.0 Å². The van der Waals surface area contributed by atoms with Crippen molar-refractivity contribution in [1.82, 2.24) is 0 Å². The summed E-state index contributed by atoms with van der Waals surface area (Å²) in [6.07, 6.45) is -1.31. The molecule has 0 aliphatic rings. The van der Waals surface area contributed by atoms with Crippen LogP contribution in [0, 0.1) is 5.82 Å². The first kappa shape index (κ1) is 20.2. The molecule has 0 N–H and O–H groups in total. The van der Waals surface area contributed by atoms with E-state index in [1.165, 1.54) is 43.5 Å². The van der Waals surface area contributed by atoms with Crippen LogP contribution in [-0.2, 0) is 14.3 Å². The van der Waals surface area contributed by atoms with E-state index in [2.05, 4.69) is 0 Å². The van der Waals surface area contributed by atoms with Crippen LogP contribution in [0.1, 0.15) is 35.9 Å². The minimum atomic E-state index is -1.31. The maximum atomic E-state index is 13.1. The Hall–Kier alpha value is -3.09. The highest BCUT2D eigenvalue weighted by Crippen LogP contribution is 2.30. The molecule has 27 heavy (non-hydrogen) atoms. The van der Waals surface area contributed by atoms with Crippen molar-refractivity contribution >= 4 is 11.9 Å². The predicted molar refractivity (Wildman–Crippen MR) is 95.4 cm³/mol. The van der Waals surface area contributed by atoms with Gasteiger partial charge in [-0.05, 0) is 44.2 Å². The number of benzene rings is 2. The van der Waals surface area contributed by atoms with Crippen LogP contribution in [0.15, 0.2) is 42.5 Å². The van der Waals surface area contributed by atoms with Crippen LogP contribution in [-0.4, -0.2) is 32.3 Å². The molecule has 7 heteroatoms. The van der Waals surface area contributed by atoms with Gasteiger partial charge < -0.3 is 18.9 Å². The van der Waals surface area contributed by atoms with Gasteiger partial charge in [0.25, 0.3) is 0 Å². The minimum absolute atomic E-state index is 0.179. The predicted octanol–water partition coefficient (Wildman–Crippen LogP) is 3.69. The molecule has 0 aliphatic carbocycles. The average molecular weight is 376 g/mol. The highest BCUT2D eigenvalue weighted by molar-refractivity contribution is 5.92. The van der Waals surface area contributed by atoms with Gasteiger partial charge in [-0.2, -0.15) is 0 Å². The summed E-state index contributed by atoms with van der Waals surface area (Å²) >= 11 is 0. The number of carbonyl (C=O) groups is 2. The van der Waals surface area contributed by atoms with Crippen LogP contribution in [0.4, 0.5) is 4.39 Å². The molecule has 0 heterocycles. The van der Waals surface area contributed by atoms with E-state index in [1.807, 2.05) is 13.8 Å². The Morgan fingerprint density at radius 2 is 1.59 bits per heavy atom. The van der Waals surface area contributed by atoms with Gasteiger partial charge in [-0.1, -0.05) is 12.1 Å². The van der Waals surface area contributed by atoms with E-state index in [4.69, 9.17) is 18.9 Å². The second kappa shape index (κ2) is 9.56. The molecular weight excluding hydrogens is 355 g/mol. The van der Waals surface area contributed by atoms with Crippen molar-refractivity contribution in [1.29, 1.82) is 0 Å². The number of carbonyl (C=O) groups excluding carboxylic acids is 2. The van der Waals surface area contributed by atoms with Crippen molar-refractivity contribution in [2.75, 3.05) is 20.3 Å². The molecule has 2 aromatic rings. The van der Waals surface area contributed by atoms with E-state index in [1.54, 1.807) is 6.07 Å². The lowest BCUT2D eigenvalue weighted by atomic mass is 10.1. The smallest absolute Gasteiger partial charge is 0.351 e. The molecule has 0 aliphatic heterocycles. The van der Waals surface area contributed by atoms with Crippen molar-refractivity contribution in [3.63, 3.8) is 0 Å². The molecule has 0 unspecified atom stereocenters.